The summed E-state index contributed by atoms with van der Waals surface area (Å²) in [5, 5.41) is 8.62. The second-order valence-electron chi connectivity index (χ2n) is 4.27. The molecule has 0 bridgehead atoms. The summed E-state index contributed by atoms with van der Waals surface area (Å²) in [7, 11) is 0. The Morgan fingerprint density at radius 2 is 2.29 bits per heavy atom. The molecule has 1 aromatic carbocycles. The third-order valence-corrected chi connectivity index (χ3v) is 3.64. The van der Waals surface area contributed by atoms with Crippen LogP contribution in [0.4, 0.5) is 4.39 Å². The van der Waals surface area contributed by atoms with Crippen molar-refractivity contribution in [1.82, 2.24) is 0 Å². The molecule has 1 fully saturated rings. The number of Topliss-reactive ketones (excluding diaryl/α,β-unsaturated/α-hetero) is 1. The Kier molecular flexibility index (Phi) is 3.58. The van der Waals surface area contributed by atoms with E-state index in [2.05, 4.69) is 15.9 Å². The van der Waals surface area contributed by atoms with Gasteiger partial charge in [0.15, 0.2) is 0 Å². The summed E-state index contributed by atoms with van der Waals surface area (Å²) in [5.74, 6) is -0.0910. The first-order valence-electron chi connectivity index (χ1n) is 5.48. The van der Waals surface area contributed by atoms with Gasteiger partial charge in [-0.3, -0.25) is 4.79 Å². The summed E-state index contributed by atoms with van der Waals surface area (Å²) < 4.78 is 13.6. The van der Waals surface area contributed by atoms with Crippen LogP contribution in [0.2, 0.25) is 0 Å². The lowest BCUT2D eigenvalue weighted by Gasteiger charge is -2.09. The Balaban J connectivity index is 2.08. The smallest absolute Gasteiger partial charge is 0.149 e. The van der Waals surface area contributed by atoms with Gasteiger partial charge in [-0.15, -0.1) is 0 Å². The molecule has 1 aromatic rings. The van der Waals surface area contributed by atoms with Gasteiger partial charge in [-0.25, -0.2) is 4.39 Å². The molecule has 1 saturated carbocycles. The maximum Gasteiger partial charge on any atom is 0.149 e. The summed E-state index contributed by atoms with van der Waals surface area (Å²) in [6, 6.07) is 6.23. The lowest BCUT2D eigenvalue weighted by Crippen LogP contribution is -2.18. The number of halogens is 2. The molecule has 1 atom stereocenters. The molecule has 0 N–H and O–H groups in total. The molecular formula is C13H11BrFNO. The fourth-order valence-corrected chi connectivity index (χ4v) is 2.42. The van der Waals surface area contributed by atoms with Gasteiger partial charge in [0.2, 0.25) is 0 Å². The first-order chi connectivity index (χ1) is 8.11. The molecule has 0 aromatic heterocycles. The number of ketones is 1. The van der Waals surface area contributed by atoms with Gasteiger partial charge in [-0.2, -0.15) is 5.26 Å². The van der Waals surface area contributed by atoms with Gasteiger partial charge in [-0.05, 0) is 37.0 Å². The number of alkyl halides is 1. The van der Waals surface area contributed by atoms with E-state index < -0.39 is 5.82 Å². The molecule has 0 radical (unpaired) electrons. The zero-order valence-corrected chi connectivity index (χ0v) is 10.7. The third-order valence-electron chi connectivity index (χ3n) is 2.87. The summed E-state index contributed by atoms with van der Waals surface area (Å²) in [5.41, 5.74) is 0.769. The van der Waals surface area contributed by atoms with Crippen LogP contribution in [0.15, 0.2) is 18.2 Å². The van der Waals surface area contributed by atoms with Crippen LogP contribution in [0, 0.1) is 23.1 Å². The third kappa shape index (κ3) is 2.92. The van der Waals surface area contributed by atoms with E-state index in [1.54, 1.807) is 12.1 Å². The number of nitrogens with zero attached hydrogens (tertiary/aromatic N) is 1. The highest BCUT2D eigenvalue weighted by Gasteiger charge is 2.33. The zero-order chi connectivity index (χ0) is 12.4. The van der Waals surface area contributed by atoms with Crippen molar-refractivity contribution in [3.05, 3.63) is 35.1 Å². The summed E-state index contributed by atoms with van der Waals surface area (Å²) >= 11 is 3.31. The molecule has 4 heteroatoms. The van der Waals surface area contributed by atoms with Crippen molar-refractivity contribution in [3.63, 3.8) is 0 Å². The van der Waals surface area contributed by atoms with Crippen LogP contribution in [0.25, 0.3) is 0 Å². The minimum Gasteiger partial charge on any atom is -0.298 e. The number of carbonyl (C=O) groups is 1. The van der Waals surface area contributed by atoms with Crippen LogP contribution in [0.5, 0.6) is 0 Å². The molecule has 2 rings (SSSR count). The lowest BCUT2D eigenvalue weighted by atomic mass is 10.0. The van der Waals surface area contributed by atoms with Gasteiger partial charge in [0.25, 0.3) is 0 Å². The quantitative estimate of drug-likeness (QED) is 0.801. The topological polar surface area (TPSA) is 40.9 Å². The number of benzene rings is 1. The molecule has 88 valence electrons. The minimum atomic E-state index is -0.419. The number of hydrogen-bond acceptors (Lipinski definition) is 2. The van der Waals surface area contributed by atoms with Crippen molar-refractivity contribution in [3.8, 4) is 6.07 Å². The fraction of sp³-hybridized carbons (Fsp3) is 0.385. The molecule has 2 nitrogen and oxygen atoms in total. The Morgan fingerprint density at radius 1 is 1.59 bits per heavy atom. The Bertz CT molecular complexity index is 491. The Hall–Kier alpha value is -1.21. The average molecular weight is 296 g/mol. The molecule has 1 unspecified atom stereocenters. The molecule has 0 amide bonds. The van der Waals surface area contributed by atoms with Crippen LogP contribution in [-0.2, 0) is 11.2 Å². The Morgan fingerprint density at radius 3 is 2.82 bits per heavy atom. The van der Waals surface area contributed by atoms with Gasteiger partial charge < -0.3 is 0 Å². The largest absolute Gasteiger partial charge is 0.298 e. The normalized spacial score (nSPS) is 16.3. The van der Waals surface area contributed by atoms with Crippen molar-refractivity contribution >= 4 is 21.7 Å². The van der Waals surface area contributed by atoms with E-state index in [9.17, 15) is 9.18 Å². The summed E-state index contributed by atoms with van der Waals surface area (Å²) in [4.78, 5) is 11.4. The van der Waals surface area contributed by atoms with Crippen LogP contribution in [-0.4, -0.2) is 10.6 Å². The van der Waals surface area contributed by atoms with E-state index in [1.165, 1.54) is 6.07 Å². The van der Waals surface area contributed by atoms with E-state index in [0.717, 1.165) is 12.8 Å². The van der Waals surface area contributed by atoms with Crippen LogP contribution < -0.4 is 0 Å². The molecule has 0 saturated heterocycles. The van der Waals surface area contributed by atoms with Crippen molar-refractivity contribution < 1.29 is 9.18 Å². The van der Waals surface area contributed by atoms with Crippen molar-refractivity contribution in [1.29, 1.82) is 5.26 Å². The SMILES string of the molecule is N#Cc1ccc(CC(Br)C(=O)C2CC2)c(F)c1. The highest BCUT2D eigenvalue weighted by Crippen LogP contribution is 2.33. The molecule has 0 heterocycles. The van der Waals surface area contributed by atoms with Crippen LogP contribution in [0.3, 0.4) is 0 Å². The first-order valence-corrected chi connectivity index (χ1v) is 6.39. The second-order valence-corrected chi connectivity index (χ2v) is 5.37. The number of nitriles is 1. The Labute approximate surface area is 108 Å². The van der Waals surface area contributed by atoms with Crippen LogP contribution in [0.1, 0.15) is 24.0 Å². The van der Waals surface area contributed by atoms with Gasteiger partial charge in [0.05, 0.1) is 16.5 Å². The minimum absolute atomic E-state index is 0.161. The molecule has 0 spiro atoms. The van der Waals surface area contributed by atoms with Gasteiger partial charge in [-0.1, -0.05) is 22.0 Å². The van der Waals surface area contributed by atoms with Gasteiger partial charge in [0.1, 0.15) is 11.6 Å². The molecule has 1 aliphatic carbocycles. The zero-order valence-electron chi connectivity index (χ0n) is 9.12. The van der Waals surface area contributed by atoms with Gasteiger partial charge >= 0.3 is 0 Å². The van der Waals surface area contributed by atoms with E-state index in [1.807, 2.05) is 6.07 Å². The van der Waals surface area contributed by atoms with E-state index in [-0.39, 0.29) is 16.5 Å². The van der Waals surface area contributed by atoms with Crippen molar-refractivity contribution in [2.24, 2.45) is 5.92 Å². The monoisotopic (exact) mass is 295 g/mol. The standard InChI is InChI=1S/C13H11BrFNO/c14-11(13(17)9-3-4-9)6-10-2-1-8(7-16)5-12(10)15/h1-2,5,9,11H,3-4,6H2. The lowest BCUT2D eigenvalue weighted by molar-refractivity contribution is -0.119. The van der Waals surface area contributed by atoms with Crippen LogP contribution >= 0.6 is 15.9 Å². The molecule has 1 aliphatic rings. The number of rotatable bonds is 4. The summed E-state index contributed by atoms with van der Waals surface area (Å²) in [6.07, 6.45) is 2.25. The van der Waals surface area contributed by atoms with E-state index in [4.69, 9.17) is 5.26 Å². The first kappa shape index (κ1) is 12.3. The average Bonchev–Trinajstić information content (AvgIpc) is 3.14. The predicted octanol–water partition coefficient (Wildman–Crippen LogP) is 2.98. The maximum atomic E-state index is 13.6. The highest BCUT2D eigenvalue weighted by atomic mass is 79.9. The molecule has 0 aliphatic heterocycles. The highest BCUT2D eigenvalue weighted by molar-refractivity contribution is 9.10. The maximum absolute atomic E-state index is 13.6. The fourth-order valence-electron chi connectivity index (χ4n) is 1.70. The second kappa shape index (κ2) is 4.97. The van der Waals surface area contributed by atoms with Crippen molar-refractivity contribution in [2.45, 2.75) is 24.1 Å². The number of hydrogen-bond donors (Lipinski definition) is 0. The van der Waals surface area contributed by atoms with Gasteiger partial charge in [0, 0.05) is 5.92 Å². The summed E-state index contributed by atoms with van der Waals surface area (Å²) in [6.45, 7) is 0. The number of carbonyl (C=O) groups excluding carboxylic acids is 1. The van der Waals surface area contributed by atoms with E-state index >= 15 is 0 Å². The molecule has 17 heavy (non-hydrogen) atoms. The van der Waals surface area contributed by atoms with Crippen molar-refractivity contribution in [2.75, 3.05) is 0 Å². The molecular weight excluding hydrogens is 285 g/mol. The van der Waals surface area contributed by atoms with E-state index in [0.29, 0.717) is 17.5 Å². The predicted molar refractivity (Wildman–Crippen MR) is 65.3 cm³/mol.